The molecule has 0 radical (unpaired) electrons. The molecule has 0 saturated heterocycles. The van der Waals surface area contributed by atoms with E-state index in [0.29, 0.717) is 62.5 Å². The van der Waals surface area contributed by atoms with Crippen LogP contribution in [0.1, 0.15) is 37.9 Å². The van der Waals surface area contributed by atoms with E-state index >= 15 is 0 Å². The maximum atomic E-state index is 13.8. The van der Waals surface area contributed by atoms with Crippen LogP contribution in [-0.4, -0.2) is 31.5 Å². The smallest absolute Gasteiger partial charge is 0.257 e. The molecule has 0 saturated carbocycles. The molecular formula is C33H30NO7+. The summed E-state index contributed by atoms with van der Waals surface area (Å²) in [4.78, 5) is 27.4. The average Bonchev–Trinajstić information content (AvgIpc) is 3.16. The van der Waals surface area contributed by atoms with Crippen molar-refractivity contribution in [3.05, 3.63) is 49.1 Å². The van der Waals surface area contributed by atoms with E-state index in [1.54, 1.807) is 0 Å². The number of aromatic hydroxyl groups is 2. The number of fused-ring (bicyclic) bond motifs is 1. The zero-order chi connectivity index (χ0) is 29.1. The average molecular weight is 553 g/mol. The van der Waals surface area contributed by atoms with Gasteiger partial charge in [-0.15, -0.1) is 0 Å². The highest BCUT2D eigenvalue weighted by Gasteiger charge is 2.36. The molecule has 1 aliphatic rings. The summed E-state index contributed by atoms with van der Waals surface area (Å²) in [7, 11) is 4.45. The van der Waals surface area contributed by atoms with Crippen LogP contribution in [0.25, 0.3) is 59.6 Å². The van der Waals surface area contributed by atoms with Gasteiger partial charge in [0.05, 0.1) is 42.7 Å². The minimum atomic E-state index is -0.407. The van der Waals surface area contributed by atoms with Crippen LogP contribution in [0, 0.1) is 6.92 Å². The lowest BCUT2D eigenvalue weighted by molar-refractivity contribution is -0.676. The van der Waals surface area contributed by atoms with Gasteiger partial charge in [0, 0.05) is 58.0 Å². The zero-order valence-electron chi connectivity index (χ0n) is 23.9. The van der Waals surface area contributed by atoms with Crippen LogP contribution in [-0.2, 0) is 13.0 Å². The van der Waals surface area contributed by atoms with Crippen molar-refractivity contribution < 1.29 is 29.0 Å². The molecule has 0 aliphatic heterocycles. The summed E-state index contributed by atoms with van der Waals surface area (Å²) in [5.41, 5.74) is 2.56. The summed E-state index contributed by atoms with van der Waals surface area (Å²) in [6, 6.07) is 2.72. The second kappa shape index (κ2) is 8.46. The molecular weight excluding hydrogens is 522 g/mol. The van der Waals surface area contributed by atoms with Crippen LogP contribution in [0.4, 0.5) is 0 Å². The molecule has 0 bridgehead atoms. The molecule has 0 unspecified atom stereocenters. The van der Waals surface area contributed by atoms with Gasteiger partial charge in [-0.3, -0.25) is 9.59 Å². The van der Waals surface area contributed by atoms with Crippen molar-refractivity contribution in [1.29, 1.82) is 0 Å². The molecule has 41 heavy (non-hydrogen) atoms. The first-order valence-corrected chi connectivity index (χ1v) is 13.8. The number of hydrogen-bond donors (Lipinski definition) is 2. The van der Waals surface area contributed by atoms with Crippen LogP contribution in [0.5, 0.6) is 28.7 Å². The first kappa shape index (κ1) is 25.4. The fraction of sp³-hybridized carbons (Fsp3) is 0.303. The van der Waals surface area contributed by atoms with Crippen molar-refractivity contribution in [1.82, 2.24) is 0 Å². The van der Waals surface area contributed by atoms with Crippen LogP contribution < -0.4 is 34.9 Å². The molecule has 0 amide bonds. The topological polar surface area (TPSA) is 106 Å². The minimum absolute atomic E-state index is 0.0702. The van der Waals surface area contributed by atoms with E-state index in [0.717, 1.165) is 40.1 Å². The van der Waals surface area contributed by atoms with Crippen molar-refractivity contribution in [3.63, 3.8) is 0 Å². The summed E-state index contributed by atoms with van der Waals surface area (Å²) < 4.78 is 19.5. The maximum Gasteiger partial charge on any atom is 0.257 e. The lowest BCUT2D eigenvalue weighted by Gasteiger charge is -2.22. The fourth-order valence-corrected chi connectivity index (χ4v) is 7.43. The normalized spacial score (nSPS) is 13.2. The Morgan fingerprint density at radius 2 is 1.32 bits per heavy atom. The zero-order valence-corrected chi connectivity index (χ0v) is 23.9. The number of unbranched alkanes of at least 4 members (excludes halogenated alkanes) is 1. The molecule has 208 valence electrons. The number of ether oxygens (including phenoxy) is 3. The van der Waals surface area contributed by atoms with E-state index in [1.807, 2.05) is 13.8 Å². The number of rotatable bonds is 6. The number of phenolic OH excluding ortho intramolecular Hbond substituents is 2. The molecule has 1 heterocycles. The Labute approximate surface area is 234 Å². The monoisotopic (exact) mass is 552 g/mol. The molecule has 7 rings (SSSR count). The highest BCUT2D eigenvalue weighted by atomic mass is 16.5. The standard InChI is InChI=1S/C33H29NO7/c1-7-8-9-34-14(3)20-13(2)10-15-21-26-23(32(38)33(15)41-6)17(36)12-18(39-4)24(26)25-19(40-5)11-16(35)22-28(25)27(21)29(20)30(34)31(22)37/h11-12H,7-10H2,1-6H3,(H-,35,36,37,38)/p+1. The molecule has 1 aliphatic carbocycles. The number of methoxy groups -OCH3 is 3. The van der Waals surface area contributed by atoms with Crippen molar-refractivity contribution in [2.75, 3.05) is 21.3 Å². The van der Waals surface area contributed by atoms with Gasteiger partial charge in [-0.25, -0.2) is 0 Å². The number of nitrogens with zero attached hydrogens (tertiary/aromatic N) is 1. The molecule has 0 fully saturated rings. The van der Waals surface area contributed by atoms with Gasteiger partial charge in [-0.05, 0) is 18.7 Å². The molecule has 8 nitrogen and oxygen atoms in total. The van der Waals surface area contributed by atoms with Crippen LogP contribution in [0.15, 0.2) is 21.7 Å². The van der Waals surface area contributed by atoms with Crippen molar-refractivity contribution in [3.8, 4) is 28.7 Å². The molecule has 1 aromatic heterocycles. The summed E-state index contributed by atoms with van der Waals surface area (Å²) in [6.45, 7) is 6.88. The van der Waals surface area contributed by atoms with Crippen molar-refractivity contribution >= 4 is 59.6 Å². The summed E-state index contributed by atoms with van der Waals surface area (Å²) in [6.07, 6.45) is 2.29. The lowest BCUT2D eigenvalue weighted by atomic mass is 9.84. The molecule has 2 N–H and O–H groups in total. The molecule has 0 atom stereocenters. The van der Waals surface area contributed by atoms with E-state index in [2.05, 4.69) is 11.5 Å². The Hall–Kier alpha value is -4.59. The van der Waals surface area contributed by atoms with E-state index in [1.165, 1.54) is 33.5 Å². The predicted octanol–water partition coefficient (Wildman–Crippen LogP) is 4.33. The van der Waals surface area contributed by atoms with E-state index in [4.69, 9.17) is 14.2 Å². The molecule has 5 aromatic carbocycles. The molecule has 8 heteroatoms. The maximum absolute atomic E-state index is 13.8. The fourth-order valence-electron chi connectivity index (χ4n) is 7.43. The van der Waals surface area contributed by atoms with Crippen LogP contribution in [0.3, 0.4) is 0 Å². The van der Waals surface area contributed by atoms with Gasteiger partial charge < -0.3 is 24.4 Å². The summed E-state index contributed by atoms with van der Waals surface area (Å²) >= 11 is 0. The Balaban J connectivity index is 2.02. The van der Waals surface area contributed by atoms with E-state index in [9.17, 15) is 19.8 Å². The highest BCUT2D eigenvalue weighted by molar-refractivity contribution is 6.42. The Morgan fingerprint density at radius 3 is 1.88 bits per heavy atom. The summed E-state index contributed by atoms with van der Waals surface area (Å²) in [5.74, 6) is 0.518. The third kappa shape index (κ3) is 2.87. The molecule has 0 spiro atoms. The lowest BCUT2D eigenvalue weighted by Crippen LogP contribution is -2.37. The second-order valence-electron chi connectivity index (χ2n) is 11.0. The van der Waals surface area contributed by atoms with Crippen molar-refractivity contribution in [2.45, 2.75) is 46.6 Å². The minimum Gasteiger partial charge on any atom is -0.504 e. The SMILES string of the molecule is CCCC[n+]1c(C)c2c3c4c5c(c(OC)c(O)c6c(=O)cc(OC)c(c7c(OC)cc(=O)c(c(O)c31)c74)c65)CC=2C. The number of aryl methyl sites for hydroxylation is 1. The first-order chi connectivity index (χ1) is 19.7. The largest absolute Gasteiger partial charge is 0.504 e. The number of phenols is 2. The van der Waals surface area contributed by atoms with Gasteiger partial charge in [0.1, 0.15) is 18.0 Å². The molecule has 6 aromatic rings. The first-order valence-electron chi connectivity index (χ1n) is 13.8. The van der Waals surface area contributed by atoms with Gasteiger partial charge in [-0.2, -0.15) is 4.57 Å². The van der Waals surface area contributed by atoms with Gasteiger partial charge in [0.2, 0.25) is 5.75 Å². The quantitative estimate of drug-likeness (QED) is 0.180. The predicted molar refractivity (Wildman–Crippen MR) is 160 cm³/mol. The van der Waals surface area contributed by atoms with Crippen molar-refractivity contribution in [2.24, 2.45) is 0 Å². The summed E-state index contributed by atoms with van der Waals surface area (Å²) in [5, 5.41) is 29.2. The van der Waals surface area contributed by atoms with E-state index in [-0.39, 0.29) is 33.4 Å². The van der Waals surface area contributed by atoms with Gasteiger partial charge in [0.15, 0.2) is 28.1 Å². The third-order valence-electron chi connectivity index (χ3n) is 9.02. The Morgan fingerprint density at radius 1 is 0.756 bits per heavy atom. The van der Waals surface area contributed by atoms with Gasteiger partial charge in [0.25, 0.3) is 5.52 Å². The third-order valence-corrected chi connectivity index (χ3v) is 9.02. The number of benzene rings is 5. The van der Waals surface area contributed by atoms with Gasteiger partial charge in [-0.1, -0.05) is 18.9 Å². The Bertz CT molecular complexity index is 2310. The van der Waals surface area contributed by atoms with E-state index < -0.39 is 5.43 Å². The second-order valence-corrected chi connectivity index (χ2v) is 11.0. The van der Waals surface area contributed by atoms with Gasteiger partial charge >= 0.3 is 0 Å². The highest BCUT2D eigenvalue weighted by Crippen LogP contribution is 2.54. The number of aromatic nitrogens is 1. The number of hydrogen-bond acceptors (Lipinski definition) is 7. The van der Waals surface area contributed by atoms with Crippen LogP contribution >= 0.6 is 0 Å². The Kier molecular flexibility index (Phi) is 5.24. The van der Waals surface area contributed by atoms with Crippen LogP contribution in [0.2, 0.25) is 0 Å².